The Morgan fingerprint density at radius 3 is 2.84 bits per heavy atom. The number of nitrogens with zero attached hydrogens (tertiary/aromatic N) is 1. The molecule has 3 nitrogen and oxygen atoms in total. The number of rotatable bonds is 5. The summed E-state index contributed by atoms with van der Waals surface area (Å²) in [5.41, 5.74) is 2.11. The van der Waals surface area contributed by atoms with Crippen LogP contribution in [0.1, 0.15) is 24.1 Å². The predicted molar refractivity (Wildman–Crippen MR) is 77.8 cm³/mol. The summed E-state index contributed by atoms with van der Waals surface area (Å²) in [5.74, 6) is 0.819. The molecule has 0 saturated carbocycles. The van der Waals surface area contributed by atoms with Crippen LogP contribution in [0.25, 0.3) is 0 Å². The van der Waals surface area contributed by atoms with E-state index in [4.69, 9.17) is 16.3 Å². The van der Waals surface area contributed by atoms with Crippen LogP contribution in [0.2, 0.25) is 5.02 Å². The molecule has 1 unspecified atom stereocenters. The first kappa shape index (κ1) is 13.8. The van der Waals surface area contributed by atoms with Crippen molar-refractivity contribution in [3.63, 3.8) is 0 Å². The van der Waals surface area contributed by atoms with Crippen LogP contribution in [0.15, 0.2) is 42.7 Å². The predicted octanol–water partition coefficient (Wildman–Crippen LogP) is 3.44. The highest BCUT2D eigenvalue weighted by Crippen LogP contribution is 2.31. The lowest BCUT2D eigenvalue weighted by Gasteiger charge is -2.21. The zero-order chi connectivity index (χ0) is 13.7. The smallest absolute Gasteiger partial charge is 0.124 e. The van der Waals surface area contributed by atoms with Crippen LogP contribution in [0.3, 0.4) is 0 Å². The van der Waals surface area contributed by atoms with Crippen molar-refractivity contribution in [1.29, 1.82) is 0 Å². The van der Waals surface area contributed by atoms with E-state index in [0.717, 1.165) is 23.4 Å². The fraction of sp³-hybridized carbons (Fsp3) is 0.267. The zero-order valence-electron chi connectivity index (χ0n) is 11.1. The molecule has 0 aliphatic carbocycles. The first-order valence-corrected chi connectivity index (χ1v) is 6.60. The largest absolute Gasteiger partial charge is 0.496 e. The van der Waals surface area contributed by atoms with Gasteiger partial charge in [0.25, 0.3) is 0 Å². The zero-order valence-corrected chi connectivity index (χ0v) is 11.8. The van der Waals surface area contributed by atoms with Crippen molar-refractivity contribution < 1.29 is 4.74 Å². The summed E-state index contributed by atoms with van der Waals surface area (Å²) in [6.07, 6.45) is 3.62. The van der Waals surface area contributed by atoms with E-state index in [9.17, 15) is 0 Å². The molecule has 1 aromatic carbocycles. The quantitative estimate of drug-likeness (QED) is 0.908. The topological polar surface area (TPSA) is 34.2 Å². The Balaban J connectivity index is 2.47. The standard InChI is InChI=1S/C15H17ClN2O/c1-3-18-15(11-5-4-8-17-10-11)13-9-12(16)6-7-14(13)19-2/h4-10,15,18H,3H2,1-2H3. The molecule has 0 aliphatic rings. The number of pyridine rings is 1. The van der Waals surface area contributed by atoms with Crippen molar-refractivity contribution in [3.8, 4) is 5.75 Å². The van der Waals surface area contributed by atoms with Crippen LogP contribution in [0.4, 0.5) is 0 Å². The van der Waals surface area contributed by atoms with Gasteiger partial charge in [0.15, 0.2) is 0 Å². The summed E-state index contributed by atoms with van der Waals surface area (Å²) >= 11 is 6.11. The van der Waals surface area contributed by atoms with Crippen LogP contribution < -0.4 is 10.1 Å². The maximum absolute atomic E-state index is 6.11. The minimum Gasteiger partial charge on any atom is -0.496 e. The monoisotopic (exact) mass is 276 g/mol. The second-order valence-electron chi connectivity index (χ2n) is 4.16. The van der Waals surface area contributed by atoms with E-state index in [1.807, 2.05) is 36.5 Å². The lowest BCUT2D eigenvalue weighted by molar-refractivity contribution is 0.404. The average molecular weight is 277 g/mol. The minimum absolute atomic E-state index is 0.0207. The fourth-order valence-electron chi connectivity index (χ4n) is 2.09. The molecule has 100 valence electrons. The first-order valence-electron chi connectivity index (χ1n) is 6.23. The molecule has 0 spiro atoms. The highest BCUT2D eigenvalue weighted by atomic mass is 35.5. The summed E-state index contributed by atoms with van der Waals surface area (Å²) in [6.45, 7) is 2.91. The number of ether oxygens (including phenoxy) is 1. The van der Waals surface area contributed by atoms with Crippen LogP contribution >= 0.6 is 11.6 Å². The molecular weight excluding hydrogens is 260 g/mol. The van der Waals surface area contributed by atoms with Crippen molar-refractivity contribution in [3.05, 3.63) is 58.9 Å². The average Bonchev–Trinajstić information content (AvgIpc) is 2.45. The fourth-order valence-corrected chi connectivity index (χ4v) is 2.27. The van der Waals surface area contributed by atoms with Crippen LogP contribution in [-0.2, 0) is 0 Å². The maximum Gasteiger partial charge on any atom is 0.124 e. The van der Waals surface area contributed by atoms with Gasteiger partial charge < -0.3 is 10.1 Å². The van der Waals surface area contributed by atoms with Gasteiger partial charge in [-0.3, -0.25) is 4.98 Å². The Morgan fingerprint density at radius 1 is 1.37 bits per heavy atom. The van der Waals surface area contributed by atoms with E-state index in [1.165, 1.54) is 0 Å². The Kier molecular flexibility index (Phi) is 4.77. The van der Waals surface area contributed by atoms with Gasteiger partial charge in [0.05, 0.1) is 13.2 Å². The summed E-state index contributed by atoms with van der Waals surface area (Å²) < 4.78 is 5.43. The number of nitrogens with one attached hydrogen (secondary N) is 1. The molecule has 0 bridgehead atoms. The van der Waals surface area contributed by atoms with E-state index in [2.05, 4.69) is 17.2 Å². The second kappa shape index (κ2) is 6.55. The van der Waals surface area contributed by atoms with Crippen molar-refractivity contribution in [2.75, 3.05) is 13.7 Å². The van der Waals surface area contributed by atoms with Crippen molar-refractivity contribution in [2.45, 2.75) is 13.0 Å². The third-order valence-electron chi connectivity index (χ3n) is 2.93. The van der Waals surface area contributed by atoms with Crippen molar-refractivity contribution >= 4 is 11.6 Å². The van der Waals surface area contributed by atoms with Gasteiger partial charge in [0, 0.05) is 23.0 Å². The Bertz CT molecular complexity index is 531. The Labute approximate surface area is 118 Å². The normalized spacial score (nSPS) is 12.2. The van der Waals surface area contributed by atoms with E-state index < -0.39 is 0 Å². The number of methoxy groups -OCH3 is 1. The molecule has 1 atom stereocenters. The lowest BCUT2D eigenvalue weighted by Crippen LogP contribution is -2.22. The van der Waals surface area contributed by atoms with E-state index >= 15 is 0 Å². The molecule has 0 aliphatic heterocycles. The van der Waals surface area contributed by atoms with Crippen molar-refractivity contribution in [1.82, 2.24) is 10.3 Å². The van der Waals surface area contributed by atoms with Crippen molar-refractivity contribution in [2.24, 2.45) is 0 Å². The molecule has 0 fully saturated rings. The highest BCUT2D eigenvalue weighted by molar-refractivity contribution is 6.30. The molecule has 2 rings (SSSR count). The number of halogens is 1. The van der Waals surface area contributed by atoms with Gasteiger partial charge in [-0.15, -0.1) is 0 Å². The van der Waals surface area contributed by atoms with Gasteiger partial charge in [-0.1, -0.05) is 24.6 Å². The van der Waals surface area contributed by atoms with Gasteiger partial charge in [-0.25, -0.2) is 0 Å². The number of benzene rings is 1. The van der Waals surface area contributed by atoms with Crippen LogP contribution in [0, 0.1) is 0 Å². The Morgan fingerprint density at radius 2 is 2.21 bits per heavy atom. The minimum atomic E-state index is 0.0207. The summed E-state index contributed by atoms with van der Waals surface area (Å²) in [4.78, 5) is 4.18. The van der Waals surface area contributed by atoms with Crippen LogP contribution in [0.5, 0.6) is 5.75 Å². The van der Waals surface area contributed by atoms with Gasteiger partial charge in [-0.05, 0) is 36.4 Å². The van der Waals surface area contributed by atoms with E-state index in [0.29, 0.717) is 5.02 Å². The highest BCUT2D eigenvalue weighted by Gasteiger charge is 2.17. The molecule has 1 heterocycles. The third-order valence-corrected chi connectivity index (χ3v) is 3.16. The lowest BCUT2D eigenvalue weighted by atomic mass is 9.99. The summed E-state index contributed by atoms with van der Waals surface area (Å²) in [7, 11) is 1.67. The molecular formula is C15H17ClN2O. The molecule has 0 amide bonds. The molecule has 19 heavy (non-hydrogen) atoms. The molecule has 2 aromatic rings. The van der Waals surface area contributed by atoms with E-state index in [-0.39, 0.29) is 6.04 Å². The molecule has 1 aromatic heterocycles. The van der Waals surface area contributed by atoms with Gasteiger partial charge >= 0.3 is 0 Å². The van der Waals surface area contributed by atoms with E-state index in [1.54, 1.807) is 13.3 Å². The molecule has 0 saturated heterocycles. The third kappa shape index (κ3) is 3.25. The van der Waals surface area contributed by atoms with Gasteiger partial charge in [0.1, 0.15) is 5.75 Å². The number of hydrogen-bond acceptors (Lipinski definition) is 3. The maximum atomic E-state index is 6.11. The second-order valence-corrected chi connectivity index (χ2v) is 4.60. The summed E-state index contributed by atoms with van der Waals surface area (Å²) in [6, 6.07) is 9.64. The number of aromatic nitrogens is 1. The molecule has 0 radical (unpaired) electrons. The number of hydrogen-bond donors (Lipinski definition) is 1. The van der Waals surface area contributed by atoms with Gasteiger partial charge in [0.2, 0.25) is 0 Å². The van der Waals surface area contributed by atoms with Crippen LogP contribution in [-0.4, -0.2) is 18.6 Å². The van der Waals surface area contributed by atoms with Gasteiger partial charge in [-0.2, -0.15) is 0 Å². The molecule has 4 heteroatoms. The SMILES string of the molecule is CCNC(c1cccnc1)c1cc(Cl)ccc1OC. The first-order chi connectivity index (χ1) is 9.26. The molecule has 1 N–H and O–H groups in total. The Hall–Kier alpha value is -1.58. The summed E-state index contributed by atoms with van der Waals surface area (Å²) in [5, 5.41) is 4.14.